The van der Waals surface area contributed by atoms with Gasteiger partial charge in [0.15, 0.2) is 0 Å². The molecule has 5 heteroatoms. The lowest BCUT2D eigenvalue weighted by atomic mass is 10.0. The molecule has 0 bridgehead atoms. The minimum absolute atomic E-state index is 0.130. The highest BCUT2D eigenvalue weighted by atomic mass is 32.1. The SMILES string of the molecule is O=C(c1ccsc1)c1ccccc1[N+](=O)[O-]. The van der Waals surface area contributed by atoms with E-state index >= 15 is 0 Å². The number of rotatable bonds is 3. The van der Waals surface area contributed by atoms with Crippen molar-refractivity contribution in [2.24, 2.45) is 0 Å². The number of hydrogen-bond acceptors (Lipinski definition) is 4. The first kappa shape index (κ1) is 10.5. The molecule has 1 heterocycles. The molecule has 0 unspecified atom stereocenters. The summed E-state index contributed by atoms with van der Waals surface area (Å²) in [6, 6.07) is 7.62. The third-order valence-corrected chi connectivity index (χ3v) is 2.81. The maximum atomic E-state index is 11.9. The Morgan fingerprint density at radius 2 is 2.00 bits per heavy atom. The molecule has 1 aromatic carbocycles. The van der Waals surface area contributed by atoms with Crippen LogP contribution in [0.5, 0.6) is 0 Å². The Bertz CT molecular complexity index is 534. The highest BCUT2D eigenvalue weighted by Crippen LogP contribution is 2.22. The molecule has 0 aliphatic rings. The van der Waals surface area contributed by atoms with E-state index in [0.717, 1.165) is 0 Å². The van der Waals surface area contributed by atoms with Crippen LogP contribution >= 0.6 is 11.3 Å². The standard InChI is InChI=1S/C11H7NO3S/c13-11(8-5-6-16-7-8)9-3-1-2-4-10(9)12(14)15/h1-7H. The van der Waals surface area contributed by atoms with Gasteiger partial charge in [-0.1, -0.05) is 12.1 Å². The molecule has 0 N–H and O–H groups in total. The zero-order valence-corrected chi connectivity index (χ0v) is 8.94. The van der Waals surface area contributed by atoms with E-state index in [0.29, 0.717) is 5.56 Å². The summed E-state index contributed by atoms with van der Waals surface area (Å²) in [5.41, 5.74) is 0.462. The third kappa shape index (κ3) is 1.85. The minimum Gasteiger partial charge on any atom is -0.288 e. The van der Waals surface area contributed by atoms with Gasteiger partial charge in [0.05, 0.1) is 4.92 Å². The smallest absolute Gasteiger partial charge is 0.280 e. The summed E-state index contributed by atoms with van der Waals surface area (Å²) >= 11 is 1.39. The lowest BCUT2D eigenvalue weighted by Gasteiger charge is -1.99. The van der Waals surface area contributed by atoms with Crippen LogP contribution in [0.3, 0.4) is 0 Å². The van der Waals surface area contributed by atoms with Gasteiger partial charge >= 0.3 is 0 Å². The molecule has 16 heavy (non-hydrogen) atoms. The van der Waals surface area contributed by atoms with Crippen LogP contribution in [0.2, 0.25) is 0 Å². The van der Waals surface area contributed by atoms with Gasteiger partial charge in [-0.2, -0.15) is 11.3 Å². The van der Waals surface area contributed by atoms with Gasteiger partial charge in [0.1, 0.15) is 5.56 Å². The fourth-order valence-corrected chi connectivity index (χ4v) is 2.01. The van der Waals surface area contributed by atoms with E-state index < -0.39 is 4.92 Å². The summed E-state index contributed by atoms with van der Waals surface area (Å²) in [7, 11) is 0. The second kappa shape index (κ2) is 4.24. The Balaban J connectivity index is 2.49. The van der Waals surface area contributed by atoms with Gasteiger partial charge < -0.3 is 0 Å². The second-order valence-electron chi connectivity index (χ2n) is 3.12. The number of nitro groups is 1. The zero-order valence-electron chi connectivity index (χ0n) is 8.12. The first-order valence-electron chi connectivity index (χ1n) is 4.50. The molecular formula is C11H7NO3S. The first-order valence-corrected chi connectivity index (χ1v) is 5.45. The Labute approximate surface area is 95.3 Å². The molecule has 80 valence electrons. The van der Waals surface area contributed by atoms with Gasteiger partial charge in [-0.25, -0.2) is 0 Å². The number of para-hydroxylation sites is 1. The van der Waals surface area contributed by atoms with Crippen LogP contribution in [0.25, 0.3) is 0 Å². The van der Waals surface area contributed by atoms with Crippen molar-refractivity contribution in [1.29, 1.82) is 0 Å². The fraction of sp³-hybridized carbons (Fsp3) is 0. The molecule has 0 aliphatic heterocycles. The lowest BCUT2D eigenvalue weighted by molar-refractivity contribution is -0.385. The van der Waals surface area contributed by atoms with Crippen molar-refractivity contribution in [3.8, 4) is 0 Å². The number of benzene rings is 1. The fourth-order valence-electron chi connectivity index (χ4n) is 1.37. The van der Waals surface area contributed by atoms with Crippen LogP contribution in [-0.2, 0) is 0 Å². The van der Waals surface area contributed by atoms with E-state index in [4.69, 9.17) is 0 Å². The van der Waals surface area contributed by atoms with Crippen molar-refractivity contribution >= 4 is 22.8 Å². The second-order valence-corrected chi connectivity index (χ2v) is 3.90. The topological polar surface area (TPSA) is 60.2 Å². The molecule has 0 saturated heterocycles. The van der Waals surface area contributed by atoms with E-state index in [2.05, 4.69) is 0 Å². The van der Waals surface area contributed by atoms with E-state index in [1.165, 1.54) is 23.5 Å². The van der Waals surface area contributed by atoms with Crippen LogP contribution in [0.1, 0.15) is 15.9 Å². The maximum absolute atomic E-state index is 11.9. The summed E-state index contributed by atoms with van der Waals surface area (Å²) in [6.07, 6.45) is 0. The lowest BCUT2D eigenvalue weighted by Crippen LogP contribution is -2.03. The molecule has 0 amide bonds. The van der Waals surface area contributed by atoms with Crippen molar-refractivity contribution in [3.05, 3.63) is 62.3 Å². The number of nitrogens with zero attached hydrogens (tertiary/aromatic N) is 1. The summed E-state index contributed by atoms with van der Waals surface area (Å²) in [4.78, 5) is 22.1. The van der Waals surface area contributed by atoms with Gasteiger partial charge in [0.25, 0.3) is 5.69 Å². The van der Waals surface area contributed by atoms with Crippen LogP contribution in [-0.4, -0.2) is 10.7 Å². The molecular weight excluding hydrogens is 226 g/mol. The normalized spacial score (nSPS) is 10.0. The Kier molecular flexibility index (Phi) is 2.78. The predicted octanol–water partition coefficient (Wildman–Crippen LogP) is 2.89. The molecule has 1 aromatic heterocycles. The van der Waals surface area contributed by atoms with Crippen LogP contribution in [0.15, 0.2) is 41.1 Å². The number of ketones is 1. The van der Waals surface area contributed by atoms with Crippen molar-refractivity contribution in [3.63, 3.8) is 0 Å². The van der Waals surface area contributed by atoms with Crippen molar-refractivity contribution in [1.82, 2.24) is 0 Å². The molecule has 0 fully saturated rings. The van der Waals surface area contributed by atoms with Crippen LogP contribution < -0.4 is 0 Å². The molecule has 0 atom stereocenters. The third-order valence-electron chi connectivity index (χ3n) is 2.13. The van der Waals surface area contributed by atoms with Gasteiger partial charge in [0.2, 0.25) is 5.78 Å². The molecule has 0 aliphatic carbocycles. The number of hydrogen-bond donors (Lipinski definition) is 0. The highest BCUT2D eigenvalue weighted by molar-refractivity contribution is 7.08. The highest BCUT2D eigenvalue weighted by Gasteiger charge is 2.20. The van der Waals surface area contributed by atoms with E-state index in [1.54, 1.807) is 29.0 Å². The quantitative estimate of drug-likeness (QED) is 0.465. The van der Waals surface area contributed by atoms with Gasteiger partial charge in [-0.05, 0) is 17.5 Å². The van der Waals surface area contributed by atoms with Crippen molar-refractivity contribution in [2.45, 2.75) is 0 Å². The monoisotopic (exact) mass is 233 g/mol. The van der Waals surface area contributed by atoms with Crippen LogP contribution in [0, 0.1) is 10.1 Å². The predicted molar refractivity (Wildman–Crippen MR) is 60.8 cm³/mol. The maximum Gasteiger partial charge on any atom is 0.280 e. The van der Waals surface area contributed by atoms with Crippen molar-refractivity contribution < 1.29 is 9.72 Å². The molecule has 0 saturated carbocycles. The summed E-state index contributed by atoms with van der Waals surface area (Å²) < 4.78 is 0. The van der Waals surface area contributed by atoms with Crippen molar-refractivity contribution in [2.75, 3.05) is 0 Å². The number of carbonyl (C=O) groups excluding carboxylic acids is 1. The van der Waals surface area contributed by atoms with Gasteiger partial charge in [-0.15, -0.1) is 0 Å². The van der Waals surface area contributed by atoms with E-state index in [-0.39, 0.29) is 17.0 Å². The molecule has 0 spiro atoms. The average Bonchev–Trinajstić information content (AvgIpc) is 2.81. The Hall–Kier alpha value is -2.01. The van der Waals surface area contributed by atoms with Gasteiger partial charge in [-0.3, -0.25) is 14.9 Å². The molecule has 4 nitrogen and oxygen atoms in total. The largest absolute Gasteiger partial charge is 0.288 e. The zero-order chi connectivity index (χ0) is 11.5. The summed E-state index contributed by atoms with van der Waals surface area (Å²) in [5.74, 6) is -0.312. The average molecular weight is 233 g/mol. The number of carbonyl (C=O) groups is 1. The Morgan fingerprint density at radius 3 is 2.62 bits per heavy atom. The molecule has 2 aromatic rings. The summed E-state index contributed by atoms with van der Waals surface area (Å²) in [6.45, 7) is 0. The van der Waals surface area contributed by atoms with E-state index in [9.17, 15) is 14.9 Å². The summed E-state index contributed by atoms with van der Waals surface area (Å²) in [5, 5.41) is 14.2. The van der Waals surface area contributed by atoms with Crippen LogP contribution in [0.4, 0.5) is 5.69 Å². The minimum atomic E-state index is -0.542. The van der Waals surface area contributed by atoms with Gasteiger partial charge in [0, 0.05) is 17.0 Å². The Morgan fingerprint density at radius 1 is 1.25 bits per heavy atom. The molecule has 0 radical (unpaired) electrons. The first-order chi connectivity index (χ1) is 7.70. The van der Waals surface area contributed by atoms with E-state index in [1.807, 2.05) is 0 Å². The number of nitro benzene ring substituents is 1. The number of thiophene rings is 1. The molecule has 2 rings (SSSR count).